The van der Waals surface area contributed by atoms with Crippen LogP contribution in [0.1, 0.15) is 5.56 Å². The van der Waals surface area contributed by atoms with Crippen molar-refractivity contribution in [3.8, 4) is 5.88 Å². The second-order valence-corrected chi connectivity index (χ2v) is 5.55. The number of hydrogen-bond donors (Lipinski definition) is 2. The lowest BCUT2D eigenvalue weighted by Crippen LogP contribution is -2.42. The number of rotatable bonds is 3. The molecule has 2 aliphatic rings. The number of nitrogens with zero attached hydrogens (tertiary/aromatic N) is 9. The highest BCUT2D eigenvalue weighted by molar-refractivity contribution is 6.46. The summed E-state index contributed by atoms with van der Waals surface area (Å²) in [6.45, 7) is 0. The van der Waals surface area contributed by atoms with Crippen LogP contribution in [0.2, 0.25) is 0 Å². The number of hydrogen-bond acceptors (Lipinski definition) is 11. The van der Waals surface area contributed by atoms with Crippen molar-refractivity contribution in [2.24, 2.45) is 20.4 Å². The average Bonchev–Trinajstić information content (AvgIpc) is 3.21. The van der Waals surface area contributed by atoms with Gasteiger partial charge < -0.3 is 20.0 Å². The molecule has 0 aromatic carbocycles. The molecule has 128 valence electrons. The maximum absolute atomic E-state index is 10.7. The molecule has 0 spiro atoms. The number of aromatic hydroxyl groups is 1. The first-order chi connectivity index (χ1) is 12.0. The Morgan fingerprint density at radius 2 is 2.12 bits per heavy atom. The van der Waals surface area contributed by atoms with Crippen molar-refractivity contribution in [1.29, 1.82) is 0 Å². The third-order valence-corrected chi connectivity index (χ3v) is 4.02. The molecule has 25 heavy (non-hydrogen) atoms. The van der Waals surface area contributed by atoms with Crippen LogP contribution in [-0.4, -0.2) is 63.2 Å². The fourth-order valence-corrected chi connectivity index (χ4v) is 2.97. The van der Waals surface area contributed by atoms with E-state index in [0.717, 1.165) is 0 Å². The monoisotopic (exact) mass is 343 g/mol. The summed E-state index contributed by atoms with van der Waals surface area (Å²) in [5.74, 6) is -0.101. The largest absolute Gasteiger partial charge is 0.493 e. The van der Waals surface area contributed by atoms with Crippen LogP contribution >= 0.6 is 0 Å². The molecule has 0 saturated heterocycles. The predicted octanol–water partition coefficient (Wildman–Crippen LogP) is 0.424. The van der Waals surface area contributed by atoms with E-state index in [4.69, 9.17) is 4.74 Å². The summed E-state index contributed by atoms with van der Waals surface area (Å²) in [5, 5.41) is 39.4. The molecule has 4 heterocycles. The van der Waals surface area contributed by atoms with Gasteiger partial charge in [0.2, 0.25) is 17.4 Å². The molecule has 1 unspecified atom stereocenters. The van der Waals surface area contributed by atoms with Crippen molar-refractivity contribution in [3.05, 3.63) is 17.8 Å². The average molecular weight is 343 g/mol. The first-order valence-electron chi connectivity index (χ1n) is 7.15. The van der Waals surface area contributed by atoms with Gasteiger partial charge in [-0.05, 0) is 16.5 Å². The topological polar surface area (TPSA) is 146 Å². The van der Waals surface area contributed by atoms with Gasteiger partial charge in [-0.2, -0.15) is 4.98 Å². The maximum atomic E-state index is 10.7. The Bertz CT molecular complexity index is 1000. The van der Waals surface area contributed by atoms with Crippen LogP contribution in [0, 0.1) is 0 Å². The first kappa shape index (κ1) is 15.1. The molecule has 4 rings (SSSR count). The molecule has 0 radical (unpaired) electrons. The van der Waals surface area contributed by atoms with E-state index in [-0.39, 0.29) is 28.4 Å². The van der Waals surface area contributed by atoms with Crippen molar-refractivity contribution in [3.63, 3.8) is 0 Å². The van der Waals surface area contributed by atoms with Gasteiger partial charge >= 0.3 is 0 Å². The molecule has 0 bridgehead atoms. The summed E-state index contributed by atoms with van der Waals surface area (Å²) < 4.78 is 5.74. The second-order valence-electron chi connectivity index (χ2n) is 5.55. The lowest BCUT2D eigenvalue weighted by molar-refractivity contribution is 0.0886. The maximum Gasteiger partial charge on any atom is 0.224 e. The van der Waals surface area contributed by atoms with Crippen LogP contribution in [0.15, 0.2) is 32.7 Å². The van der Waals surface area contributed by atoms with Crippen LogP contribution in [0.5, 0.6) is 5.88 Å². The van der Waals surface area contributed by atoms with E-state index in [1.807, 2.05) is 0 Å². The number of ether oxygens (including phenoxy) is 1. The fraction of sp³-hybridized carbons (Fsp3) is 0.308. The number of pyridine rings is 1. The highest BCUT2D eigenvalue weighted by atomic mass is 16.5. The fourth-order valence-electron chi connectivity index (χ4n) is 2.97. The predicted molar refractivity (Wildman–Crippen MR) is 86.1 cm³/mol. The Kier molecular flexibility index (Phi) is 3.05. The van der Waals surface area contributed by atoms with Crippen LogP contribution in [0.25, 0.3) is 11.2 Å². The van der Waals surface area contributed by atoms with Gasteiger partial charge in [-0.15, -0.1) is 15.3 Å². The van der Waals surface area contributed by atoms with Crippen molar-refractivity contribution in [2.45, 2.75) is 5.60 Å². The van der Waals surface area contributed by atoms with Crippen LogP contribution in [0.3, 0.4) is 0 Å². The minimum absolute atomic E-state index is 0.00705. The van der Waals surface area contributed by atoms with Crippen molar-refractivity contribution in [2.75, 3.05) is 26.1 Å². The Hall–Kier alpha value is -3.41. The number of anilines is 1. The number of methoxy groups -OCH3 is 1. The smallest absolute Gasteiger partial charge is 0.224 e. The molecule has 0 fully saturated rings. The lowest BCUT2D eigenvalue weighted by Gasteiger charge is -2.33. The van der Waals surface area contributed by atoms with E-state index in [1.54, 1.807) is 25.1 Å². The zero-order valence-electron chi connectivity index (χ0n) is 13.5. The molecular weight excluding hydrogens is 330 g/mol. The Morgan fingerprint density at radius 1 is 1.32 bits per heavy atom. The SMILES string of the molecule is COC1(c2c(O)nc3c(nnn3O)c2N(C)C)C=CN=C2N=NN=C21. The molecule has 2 N–H and O–H groups in total. The van der Waals surface area contributed by atoms with Crippen molar-refractivity contribution < 1.29 is 15.1 Å². The minimum Gasteiger partial charge on any atom is -0.493 e. The summed E-state index contributed by atoms with van der Waals surface area (Å²) >= 11 is 0. The third-order valence-electron chi connectivity index (χ3n) is 4.02. The molecule has 0 saturated carbocycles. The van der Waals surface area contributed by atoms with Crippen LogP contribution in [0.4, 0.5) is 5.69 Å². The summed E-state index contributed by atoms with van der Waals surface area (Å²) in [6.07, 6.45) is 3.11. The molecule has 12 nitrogen and oxygen atoms in total. The van der Waals surface area contributed by atoms with E-state index in [2.05, 4.69) is 35.7 Å². The quantitative estimate of drug-likeness (QED) is 0.768. The van der Waals surface area contributed by atoms with Gasteiger partial charge in [0.05, 0.1) is 11.3 Å². The first-order valence-corrected chi connectivity index (χ1v) is 7.15. The van der Waals surface area contributed by atoms with E-state index < -0.39 is 5.60 Å². The standard InChI is InChI=1S/C13H13N9O3/c1-21(2)8-6(12(23)15-11-7(8)16-20-22(11)24)13(25-3)4-5-14-10-9(13)17-19-18-10/h4-5,24H,1-3H3,(H,15,23). The van der Waals surface area contributed by atoms with Gasteiger partial charge in [-0.25, -0.2) is 4.99 Å². The molecule has 0 amide bonds. The van der Waals surface area contributed by atoms with E-state index in [9.17, 15) is 10.3 Å². The molecule has 2 aromatic rings. The van der Waals surface area contributed by atoms with E-state index in [0.29, 0.717) is 16.2 Å². The minimum atomic E-state index is -1.33. The van der Waals surface area contributed by atoms with Gasteiger partial charge in [-0.1, -0.05) is 4.85 Å². The molecule has 12 heteroatoms. The third kappa shape index (κ3) is 1.88. The summed E-state index contributed by atoms with van der Waals surface area (Å²) in [6, 6.07) is 0. The molecule has 1 atom stereocenters. The van der Waals surface area contributed by atoms with Gasteiger partial charge in [0.15, 0.2) is 16.8 Å². The molecular formula is C13H13N9O3. The van der Waals surface area contributed by atoms with Gasteiger partial charge in [0, 0.05) is 27.4 Å². The number of fused-ring (bicyclic) bond motifs is 2. The number of aromatic nitrogens is 4. The highest BCUT2D eigenvalue weighted by Gasteiger charge is 2.47. The lowest BCUT2D eigenvalue weighted by atomic mass is 9.85. The van der Waals surface area contributed by atoms with Gasteiger partial charge in [0.1, 0.15) is 0 Å². The summed E-state index contributed by atoms with van der Waals surface area (Å²) in [5.41, 5.74) is -0.0133. The van der Waals surface area contributed by atoms with Crippen LogP contribution in [-0.2, 0) is 10.3 Å². The zero-order chi connectivity index (χ0) is 17.8. The van der Waals surface area contributed by atoms with Gasteiger partial charge in [0.25, 0.3) is 0 Å². The number of aliphatic imine (C=N–C) groups is 1. The van der Waals surface area contributed by atoms with E-state index in [1.165, 1.54) is 13.3 Å². The van der Waals surface area contributed by atoms with Crippen molar-refractivity contribution in [1.82, 2.24) is 20.1 Å². The van der Waals surface area contributed by atoms with Crippen molar-refractivity contribution >= 4 is 28.4 Å². The number of amidine groups is 1. The highest BCUT2D eigenvalue weighted by Crippen LogP contribution is 2.45. The Labute approximate surface area is 140 Å². The van der Waals surface area contributed by atoms with Crippen LogP contribution < -0.4 is 4.90 Å². The van der Waals surface area contributed by atoms with Gasteiger partial charge in [-0.3, -0.25) is 0 Å². The normalized spacial score (nSPS) is 21.4. The second kappa shape index (κ2) is 5.04. The molecule has 2 aromatic heterocycles. The molecule has 2 aliphatic heterocycles. The Morgan fingerprint density at radius 3 is 2.84 bits per heavy atom. The summed E-state index contributed by atoms with van der Waals surface area (Å²) in [7, 11) is 4.97. The zero-order valence-corrected chi connectivity index (χ0v) is 13.5. The van der Waals surface area contributed by atoms with E-state index >= 15 is 0 Å². The molecule has 0 aliphatic carbocycles. The summed E-state index contributed by atoms with van der Waals surface area (Å²) in [4.78, 5) is 10.3. The Balaban J connectivity index is 2.10.